The third-order valence-electron chi connectivity index (χ3n) is 3.71. The number of benzene rings is 2. The van der Waals surface area contributed by atoms with Gasteiger partial charge in [-0.05, 0) is 37.3 Å². The molecule has 0 spiro atoms. The third kappa shape index (κ3) is 3.44. The van der Waals surface area contributed by atoms with Crippen LogP contribution in [0, 0.1) is 18.2 Å². The van der Waals surface area contributed by atoms with Crippen LogP contribution in [0.3, 0.4) is 0 Å². The van der Waals surface area contributed by atoms with Gasteiger partial charge in [-0.25, -0.2) is 9.37 Å². The summed E-state index contributed by atoms with van der Waals surface area (Å²) in [5.41, 5.74) is 2.10. The largest absolute Gasteiger partial charge is 0.307 e. The van der Waals surface area contributed by atoms with E-state index in [1.165, 1.54) is 17.4 Å². The number of hydrogen-bond acceptors (Lipinski definition) is 3. The first-order chi connectivity index (χ1) is 12.1. The van der Waals surface area contributed by atoms with Crippen molar-refractivity contribution in [2.75, 3.05) is 11.4 Å². The van der Waals surface area contributed by atoms with Crippen LogP contribution >= 0.6 is 11.3 Å². The molecule has 1 amide bonds. The zero-order valence-corrected chi connectivity index (χ0v) is 14.4. The number of halogens is 1. The summed E-state index contributed by atoms with van der Waals surface area (Å²) < 4.78 is 13.9. The fourth-order valence-electron chi connectivity index (χ4n) is 2.48. The Morgan fingerprint density at radius 2 is 2.08 bits per heavy atom. The van der Waals surface area contributed by atoms with Gasteiger partial charge in [0.15, 0.2) is 0 Å². The summed E-state index contributed by atoms with van der Waals surface area (Å²) in [5, 5.41) is 2.13. The van der Waals surface area contributed by atoms with Crippen LogP contribution in [0.5, 0.6) is 0 Å². The minimum absolute atomic E-state index is 0.240. The van der Waals surface area contributed by atoms with Gasteiger partial charge in [-0.2, -0.15) is 0 Å². The van der Waals surface area contributed by atoms with Gasteiger partial charge in [-0.1, -0.05) is 24.1 Å². The van der Waals surface area contributed by atoms with Gasteiger partial charge < -0.3 is 4.90 Å². The van der Waals surface area contributed by atoms with Crippen molar-refractivity contribution in [3.8, 4) is 22.9 Å². The molecule has 0 atom stereocenters. The van der Waals surface area contributed by atoms with E-state index >= 15 is 0 Å². The van der Waals surface area contributed by atoms with E-state index in [-0.39, 0.29) is 17.4 Å². The lowest BCUT2D eigenvalue weighted by Crippen LogP contribution is -2.30. The van der Waals surface area contributed by atoms with Gasteiger partial charge in [0, 0.05) is 28.7 Å². The van der Waals surface area contributed by atoms with Crippen molar-refractivity contribution in [2.45, 2.75) is 6.92 Å². The maximum absolute atomic E-state index is 13.9. The van der Waals surface area contributed by atoms with Crippen molar-refractivity contribution in [2.24, 2.45) is 0 Å². The summed E-state index contributed by atoms with van der Waals surface area (Å²) in [4.78, 5) is 18.8. The lowest BCUT2D eigenvalue weighted by molar-refractivity contribution is 0.0984. The van der Waals surface area contributed by atoms with Crippen molar-refractivity contribution < 1.29 is 9.18 Å². The zero-order valence-electron chi connectivity index (χ0n) is 13.6. The van der Waals surface area contributed by atoms with Gasteiger partial charge in [0.1, 0.15) is 16.5 Å². The molecule has 0 aliphatic carbocycles. The van der Waals surface area contributed by atoms with Crippen molar-refractivity contribution in [1.29, 1.82) is 0 Å². The van der Waals surface area contributed by atoms with Crippen LogP contribution < -0.4 is 4.90 Å². The highest BCUT2D eigenvalue weighted by Crippen LogP contribution is 2.27. The molecule has 0 bridgehead atoms. The van der Waals surface area contributed by atoms with Crippen LogP contribution in [0.4, 0.5) is 10.1 Å². The summed E-state index contributed by atoms with van der Waals surface area (Å²) in [6.45, 7) is 2.35. The van der Waals surface area contributed by atoms with Crippen LogP contribution in [0.2, 0.25) is 0 Å². The standard InChI is InChI=1S/C20H15FN2OS/c1-3-14-8-7-9-15(12-14)23(4-2)20(24)18-13-25-19(22-18)16-10-5-6-11-17(16)21/h1,5-13H,4H2,2H3. The van der Waals surface area contributed by atoms with Crippen molar-refractivity contribution in [1.82, 2.24) is 4.98 Å². The van der Waals surface area contributed by atoms with Crippen molar-refractivity contribution >= 4 is 22.9 Å². The average molecular weight is 350 g/mol. The quantitative estimate of drug-likeness (QED) is 0.645. The molecule has 3 nitrogen and oxygen atoms in total. The number of nitrogens with zero attached hydrogens (tertiary/aromatic N) is 2. The van der Waals surface area contributed by atoms with Gasteiger partial charge in [-0.15, -0.1) is 17.8 Å². The number of aromatic nitrogens is 1. The highest BCUT2D eigenvalue weighted by molar-refractivity contribution is 7.13. The number of carbonyl (C=O) groups is 1. The second-order valence-corrected chi connectivity index (χ2v) is 6.12. The maximum atomic E-state index is 13.9. The molecule has 1 heterocycles. The van der Waals surface area contributed by atoms with Crippen LogP contribution in [-0.4, -0.2) is 17.4 Å². The Balaban J connectivity index is 1.92. The molecule has 0 saturated heterocycles. The SMILES string of the molecule is C#Cc1cccc(N(CC)C(=O)c2csc(-c3ccccc3F)n2)c1. The molecular weight excluding hydrogens is 335 g/mol. The topological polar surface area (TPSA) is 33.2 Å². The lowest BCUT2D eigenvalue weighted by atomic mass is 10.2. The van der Waals surface area contributed by atoms with Gasteiger partial charge in [0.05, 0.1) is 0 Å². The molecular formula is C20H15FN2OS. The molecule has 0 N–H and O–H groups in total. The second-order valence-electron chi connectivity index (χ2n) is 5.26. The lowest BCUT2D eigenvalue weighted by Gasteiger charge is -2.20. The number of thiazole rings is 1. The van der Waals surface area contributed by atoms with E-state index in [1.54, 1.807) is 40.6 Å². The van der Waals surface area contributed by atoms with E-state index in [0.29, 0.717) is 28.4 Å². The van der Waals surface area contributed by atoms with Crippen molar-refractivity contribution in [3.63, 3.8) is 0 Å². The van der Waals surface area contributed by atoms with Gasteiger partial charge in [-0.3, -0.25) is 4.79 Å². The Labute approximate surface area is 149 Å². The Hall–Kier alpha value is -2.97. The highest BCUT2D eigenvalue weighted by Gasteiger charge is 2.20. The molecule has 3 aromatic rings. The predicted octanol–water partition coefficient (Wildman–Crippen LogP) is 4.60. The molecule has 25 heavy (non-hydrogen) atoms. The van der Waals surface area contributed by atoms with Crippen LogP contribution in [0.1, 0.15) is 23.0 Å². The molecule has 0 aliphatic heterocycles. The minimum Gasteiger partial charge on any atom is -0.307 e. The first-order valence-electron chi connectivity index (χ1n) is 7.73. The Morgan fingerprint density at radius 3 is 2.80 bits per heavy atom. The van der Waals surface area contributed by atoms with Gasteiger partial charge in [0.2, 0.25) is 0 Å². The van der Waals surface area contributed by atoms with Gasteiger partial charge in [0.25, 0.3) is 5.91 Å². The van der Waals surface area contributed by atoms with E-state index < -0.39 is 0 Å². The molecule has 0 unspecified atom stereocenters. The average Bonchev–Trinajstić information content (AvgIpc) is 3.13. The smallest absolute Gasteiger partial charge is 0.277 e. The number of carbonyl (C=O) groups excluding carboxylic acids is 1. The summed E-state index contributed by atoms with van der Waals surface area (Å²) in [6.07, 6.45) is 5.43. The number of terminal acetylenes is 1. The third-order valence-corrected chi connectivity index (χ3v) is 4.59. The summed E-state index contributed by atoms with van der Waals surface area (Å²) in [5.74, 6) is 1.97. The molecule has 1 aromatic heterocycles. The molecule has 0 saturated carbocycles. The molecule has 0 fully saturated rings. The first kappa shape index (κ1) is 16.9. The fourth-order valence-corrected chi connectivity index (χ4v) is 3.30. The Kier molecular flexibility index (Phi) is 4.92. The molecule has 0 radical (unpaired) electrons. The normalized spacial score (nSPS) is 10.3. The van der Waals surface area contributed by atoms with E-state index in [2.05, 4.69) is 10.9 Å². The zero-order chi connectivity index (χ0) is 17.8. The monoisotopic (exact) mass is 350 g/mol. The summed E-state index contributed by atoms with van der Waals surface area (Å²) in [6, 6.07) is 13.6. The number of hydrogen-bond donors (Lipinski definition) is 0. The Bertz CT molecular complexity index is 958. The predicted molar refractivity (Wildman–Crippen MR) is 99.2 cm³/mol. The molecule has 2 aromatic carbocycles. The molecule has 124 valence electrons. The van der Waals surface area contributed by atoms with Crippen molar-refractivity contribution in [3.05, 3.63) is 71.0 Å². The fraction of sp³-hybridized carbons (Fsp3) is 0.100. The van der Waals surface area contributed by atoms with E-state index in [0.717, 1.165) is 0 Å². The molecule has 5 heteroatoms. The molecule has 0 aliphatic rings. The maximum Gasteiger partial charge on any atom is 0.277 e. The Morgan fingerprint density at radius 1 is 1.28 bits per heavy atom. The number of anilines is 1. The van der Waals surface area contributed by atoms with Crippen LogP contribution in [-0.2, 0) is 0 Å². The van der Waals surface area contributed by atoms with E-state index in [1.807, 2.05) is 19.1 Å². The number of rotatable bonds is 4. The minimum atomic E-state index is -0.357. The number of amides is 1. The first-order valence-corrected chi connectivity index (χ1v) is 8.61. The summed E-state index contributed by atoms with van der Waals surface area (Å²) >= 11 is 1.24. The molecule has 3 rings (SSSR count). The van der Waals surface area contributed by atoms with E-state index in [4.69, 9.17) is 6.42 Å². The van der Waals surface area contributed by atoms with Crippen LogP contribution in [0.15, 0.2) is 53.9 Å². The highest BCUT2D eigenvalue weighted by atomic mass is 32.1. The van der Waals surface area contributed by atoms with E-state index in [9.17, 15) is 9.18 Å². The van der Waals surface area contributed by atoms with Crippen LogP contribution in [0.25, 0.3) is 10.6 Å². The summed E-state index contributed by atoms with van der Waals surface area (Å²) in [7, 11) is 0. The van der Waals surface area contributed by atoms with Gasteiger partial charge >= 0.3 is 0 Å². The second kappa shape index (κ2) is 7.29.